The average Bonchev–Trinajstić information content (AvgIpc) is 3.11. The molecule has 1 aromatic carbocycles. The normalized spacial score (nSPS) is 17.6. The summed E-state index contributed by atoms with van der Waals surface area (Å²) in [6.07, 6.45) is 34.5. The zero-order valence-corrected chi connectivity index (χ0v) is 33.2. The summed E-state index contributed by atoms with van der Waals surface area (Å²) in [4.78, 5) is 5.09. The van der Waals surface area contributed by atoms with Gasteiger partial charge in [-0.1, -0.05) is 162 Å². The second kappa shape index (κ2) is 31.4. The minimum absolute atomic E-state index is 0.0684. The number of hydrogen-bond acceptors (Lipinski definition) is 5. The molecule has 0 saturated heterocycles. The molecule has 0 spiro atoms. The van der Waals surface area contributed by atoms with E-state index in [9.17, 15) is 0 Å². The van der Waals surface area contributed by atoms with Gasteiger partial charge in [-0.2, -0.15) is 0 Å². The van der Waals surface area contributed by atoms with Crippen LogP contribution in [0.4, 0.5) is 0 Å². The molecule has 2 bridgehead atoms. The second-order valence-electron chi connectivity index (χ2n) is 14.8. The minimum atomic E-state index is 0.0684. The lowest BCUT2D eigenvalue weighted by Gasteiger charge is -2.33. The van der Waals surface area contributed by atoms with Crippen LogP contribution >= 0.6 is 0 Å². The molecule has 49 heavy (non-hydrogen) atoms. The Labute approximate surface area is 305 Å². The molecule has 1 aliphatic heterocycles. The Balaban J connectivity index is 1.83. The zero-order chi connectivity index (χ0) is 35.0. The molecule has 1 heterocycles. The fourth-order valence-corrected chi connectivity index (χ4v) is 7.36. The molecule has 0 aromatic heterocycles. The van der Waals surface area contributed by atoms with Crippen LogP contribution in [0, 0.1) is 0 Å². The van der Waals surface area contributed by atoms with Crippen molar-refractivity contribution in [1.29, 1.82) is 0 Å². The topological polar surface area (TPSA) is 34.2 Å². The molecule has 5 nitrogen and oxygen atoms in total. The van der Waals surface area contributed by atoms with E-state index in [1.165, 1.54) is 141 Å². The highest BCUT2D eigenvalue weighted by atomic mass is 16.5. The fourth-order valence-electron chi connectivity index (χ4n) is 7.36. The van der Waals surface area contributed by atoms with Crippen LogP contribution in [0.25, 0.3) is 0 Å². The van der Waals surface area contributed by atoms with Crippen LogP contribution in [0.1, 0.15) is 195 Å². The molecule has 0 radical (unpaired) electrons. The summed E-state index contributed by atoms with van der Waals surface area (Å²) in [5.74, 6) is 1.84. The summed E-state index contributed by atoms with van der Waals surface area (Å²) in [7, 11) is 0. The van der Waals surface area contributed by atoms with Gasteiger partial charge in [-0.05, 0) is 50.9 Å². The van der Waals surface area contributed by atoms with Crippen LogP contribution in [-0.4, -0.2) is 61.6 Å². The van der Waals surface area contributed by atoms with Gasteiger partial charge in [0.1, 0.15) is 11.5 Å². The summed E-state index contributed by atoms with van der Waals surface area (Å²) in [5, 5.41) is 0. The lowest BCUT2D eigenvalue weighted by Crippen LogP contribution is -2.41. The van der Waals surface area contributed by atoms with Gasteiger partial charge < -0.3 is 14.2 Å². The molecule has 0 saturated carbocycles. The van der Waals surface area contributed by atoms with Gasteiger partial charge in [0.2, 0.25) is 0 Å². The van der Waals surface area contributed by atoms with Crippen LogP contribution < -0.4 is 9.47 Å². The van der Waals surface area contributed by atoms with Crippen LogP contribution in [0.15, 0.2) is 24.3 Å². The smallest absolute Gasteiger partial charge is 0.152 e. The van der Waals surface area contributed by atoms with E-state index in [0.29, 0.717) is 0 Å². The van der Waals surface area contributed by atoms with E-state index in [1.54, 1.807) is 0 Å². The molecule has 5 heteroatoms. The first-order valence-electron chi connectivity index (χ1n) is 21.7. The van der Waals surface area contributed by atoms with Crippen molar-refractivity contribution in [2.75, 3.05) is 39.4 Å². The third-order valence-corrected chi connectivity index (χ3v) is 10.6. The van der Waals surface area contributed by atoms with Crippen LogP contribution in [-0.2, 0) is 4.74 Å². The molecule has 2 rings (SSSR count). The van der Waals surface area contributed by atoms with Crippen molar-refractivity contribution in [1.82, 2.24) is 9.80 Å². The van der Waals surface area contributed by atoms with Crippen LogP contribution in [0.5, 0.6) is 11.5 Å². The van der Waals surface area contributed by atoms with E-state index in [4.69, 9.17) is 14.2 Å². The Morgan fingerprint density at radius 2 is 0.837 bits per heavy atom. The van der Waals surface area contributed by atoms with Crippen molar-refractivity contribution in [3.05, 3.63) is 24.3 Å². The van der Waals surface area contributed by atoms with Crippen molar-refractivity contribution >= 4 is 0 Å². The largest absolute Gasteiger partial charge is 0.475 e. The van der Waals surface area contributed by atoms with E-state index in [0.717, 1.165) is 76.6 Å². The molecule has 0 fully saturated rings. The number of hydrogen-bond donors (Lipinski definition) is 0. The van der Waals surface area contributed by atoms with Gasteiger partial charge in [0.05, 0.1) is 0 Å². The van der Waals surface area contributed by atoms with E-state index in [-0.39, 0.29) is 12.5 Å². The highest BCUT2D eigenvalue weighted by molar-refractivity contribution is 5.33. The molecule has 0 N–H and O–H groups in total. The van der Waals surface area contributed by atoms with E-state index in [2.05, 4.69) is 61.8 Å². The third-order valence-electron chi connectivity index (χ3n) is 10.6. The molecular formula is C44H82N2O3. The van der Waals surface area contributed by atoms with Gasteiger partial charge in [-0.3, -0.25) is 9.80 Å². The Morgan fingerprint density at radius 3 is 1.18 bits per heavy atom. The van der Waals surface area contributed by atoms with Gasteiger partial charge in [0.25, 0.3) is 0 Å². The Hall–Kier alpha value is -1.30. The van der Waals surface area contributed by atoms with Crippen LogP contribution in [0.2, 0.25) is 0 Å². The monoisotopic (exact) mass is 687 g/mol. The van der Waals surface area contributed by atoms with Crippen molar-refractivity contribution in [2.45, 2.75) is 207 Å². The maximum Gasteiger partial charge on any atom is 0.152 e. The number of ether oxygens (including phenoxy) is 3. The van der Waals surface area contributed by atoms with Crippen LogP contribution in [0.3, 0.4) is 0 Å². The second-order valence-corrected chi connectivity index (χ2v) is 14.8. The van der Waals surface area contributed by atoms with Gasteiger partial charge >= 0.3 is 0 Å². The van der Waals surface area contributed by atoms with Gasteiger partial charge in [0.15, 0.2) is 12.5 Å². The summed E-state index contributed by atoms with van der Waals surface area (Å²) < 4.78 is 19.6. The first-order chi connectivity index (χ1) is 24.2. The molecule has 0 amide bonds. The first kappa shape index (κ1) is 43.9. The average molecular weight is 687 g/mol. The molecule has 286 valence electrons. The molecule has 1 aromatic rings. The number of fused-ring (bicyclic) bond motifs is 2. The maximum atomic E-state index is 6.75. The summed E-state index contributed by atoms with van der Waals surface area (Å²) in [5.41, 5.74) is 0. The molecule has 0 aliphatic carbocycles. The quantitative estimate of drug-likeness (QED) is 0.0820. The lowest BCUT2D eigenvalue weighted by atomic mass is 10.1. The van der Waals surface area contributed by atoms with E-state index < -0.39 is 0 Å². The summed E-state index contributed by atoms with van der Waals surface area (Å²) in [6.45, 7) is 15.0. The van der Waals surface area contributed by atoms with Crippen molar-refractivity contribution < 1.29 is 14.2 Å². The SMILES string of the molecule is CCCCCCCCCCCCCN(CC)C1CCCOCCCC(N(CC)CCCCCCCCCCCCC)Oc2cccc(c2)O1. The molecule has 1 aliphatic rings. The highest BCUT2D eigenvalue weighted by Gasteiger charge is 2.22. The summed E-state index contributed by atoms with van der Waals surface area (Å²) in [6, 6.07) is 8.45. The zero-order valence-electron chi connectivity index (χ0n) is 33.2. The molecule has 2 unspecified atom stereocenters. The predicted molar refractivity (Wildman–Crippen MR) is 212 cm³/mol. The van der Waals surface area contributed by atoms with E-state index in [1.807, 2.05) is 0 Å². The number of benzene rings is 1. The molecular weight excluding hydrogens is 604 g/mol. The van der Waals surface area contributed by atoms with Gasteiger partial charge in [-0.25, -0.2) is 0 Å². The first-order valence-corrected chi connectivity index (χ1v) is 21.7. The highest BCUT2D eigenvalue weighted by Crippen LogP contribution is 2.26. The number of nitrogens with zero attached hydrogens (tertiary/aromatic N) is 2. The minimum Gasteiger partial charge on any atom is -0.475 e. The Bertz CT molecular complexity index is 788. The van der Waals surface area contributed by atoms with Gasteiger partial charge in [-0.15, -0.1) is 0 Å². The third kappa shape index (κ3) is 22.3. The Morgan fingerprint density at radius 1 is 0.490 bits per heavy atom. The maximum absolute atomic E-state index is 6.75. The fraction of sp³-hybridized carbons (Fsp3) is 0.864. The number of rotatable bonds is 28. The van der Waals surface area contributed by atoms with Crippen molar-refractivity contribution in [3.63, 3.8) is 0 Å². The van der Waals surface area contributed by atoms with Crippen molar-refractivity contribution in [3.8, 4) is 11.5 Å². The number of unbranched alkanes of at least 4 members (excludes halogenated alkanes) is 20. The standard InChI is InChI=1S/C44H82N2O3/c1-5-9-11-13-15-17-19-21-23-25-27-36-45(7-3)43-34-30-38-47-39-31-35-44(49-42-33-29-32-41(40-42)48-43)46(8-4)37-28-26-24-22-20-18-16-14-12-10-6-2/h29,32-33,40,43-44H,5-28,30-31,34-39H2,1-4H3. The van der Waals surface area contributed by atoms with Gasteiger partial charge in [0, 0.05) is 45.2 Å². The van der Waals surface area contributed by atoms with Crippen molar-refractivity contribution in [2.24, 2.45) is 0 Å². The lowest BCUT2D eigenvalue weighted by molar-refractivity contribution is 0.000334. The Kier molecular flexibility index (Phi) is 28.1. The predicted octanol–water partition coefficient (Wildman–Crippen LogP) is 13.0. The van der Waals surface area contributed by atoms with E-state index >= 15 is 0 Å². The summed E-state index contributed by atoms with van der Waals surface area (Å²) >= 11 is 0. The molecule has 2 atom stereocenters.